The summed E-state index contributed by atoms with van der Waals surface area (Å²) in [4.78, 5) is 36.7. The third-order valence-corrected chi connectivity index (χ3v) is 3.94. The largest absolute Gasteiger partial charge is 0.344 e. The highest BCUT2D eigenvalue weighted by atomic mass is 16.2. The molecule has 104 valence electrons. The third kappa shape index (κ3) is 2.09. The maximum Gasteiger partial charge on any atom is 0.249 e. The molecule has 3 rings (SSSR count). The molecule has 5 nitrogen and oxygen atoms in total. The lowest BCUT2D eigenvalue weighted by atomic mass is 10.1. The van der Waals surface area contributed by atoms with Gasteiger partial charge in [0, 0.05) is 24.2 Å². The van der Waals surface area contributed by atoms with Crippen molar-refractivity contribution in [2.24, 2.45) is 0 Å². The Morgan fingerprint density at radius 3 is 2.75 bits per heavy atom. The zero-order valence-electron chi connectivity index (χ0n) is 11.3. The summed E-state index contributed by atoms with van der Waals surface area (Å²) < 4.78 is 0. The lowest BCUT2D eigenvalue weighted by molar-refractivity contribution is -0.124. The molecule has 0 saturated carbocycles. The molecule has 0 radical (unpaired) electrons. The minimum absolute atomic E-state index is 0.0284. The van der Waals surface area contributed by atoms with Crippen molar-refractivity contribution in [3.05, 3.63) is 29.3 Å². The van der Waals surface area contributed by atoms with Crippen molar-refractivity contribution in [1.82, 2.24) is 5.32 Å². The summed E-state index contributed by atoms with van der Waals surface area (Å²) in [5.41, 5.74) is 2.56. The number of ketones is 1. The summed E-state index contributed by atoms with van der Waals surface area (Å²) in [5.74, 6) is -0.0829. The Hall–Kier alpha value is -2.17. The van der Waals surface area contributed by atoms with Crippen molar-refractivity contribution in [1.29, 1.82) is 0 Å². The lowest BCUT2D eigenvalue weighted by Crippen LogP contribution is -2.43. The standard InChI is InChI=1S/C15H16N2O3/c1-9(18)10-2-4-13-11(8-10)6-7-17(13)15(20)12-3-5-14(19)16-12/h2,4,8,12H,3,5-7H2,1H3,(H,16,19). The van der Waals surface area contributed by atoms with Crippen molar-refractivity contribution in [2.75, 3.05) is 11.4 Å². The van der Waals surface area contributed by atoms with Gasteiger partial charge in [0.15, 0.2) is 5.78 Å². The molecular formula is C15H16N2O3. The molecule has 1 unspecified atom stereocenters. The number of carbonyl (C=O) groups excluding carboxylic acids is 3. The number of carbonyl (C=O) groups is 3. The van der Waals surface area contributed by atoms with Crippen LogP contribution >= 0.6 is 0 Å². The molecule has 2 aliphatic heterocycles. The number of amides is 2. The zero-order valence-corrected chi connectivity index (χ0v) is 11.3. The highest BCUT2D eigenvalue weighted by Gasteiger charge is 2.34. The highest BCUT2D eigenvalue weighted by Crippen LogP contribution is 2.30. The van der Waals surface area contributed by atoms with Crippen LogP contribution in [0.25, 0.3) is 0 Å². The van der Waals surface area contributed by atoms with Crippen LogP contribution in [0.4, 0.5) is 5.69 Å². The topological polar surface area (TPSA) is 66.5 Å². The molecule has 5 heteroatoms. The van der Waals surface area contributed by atoms with Crippen molar-refractivity contribution >= 4 is 23.3 Å². The molecule has 2 heterocycles. The number of Topliss-reactive ketones (excluding diaryl/α,β-unsaturated/α-hetero) is 1. The number of nitrogens with one attached hydrogen (secondary N) is 1. The number of hydrogen-bond acceptors (Lipinski definition) is 3. The summed E-state index contributed by atoms with van der Waals surface area (Å²) in [6.45, 7) is 2.15. The minimum Gasteiger partial charge on any atom is -0.344 e. The second-order valence-corrected chi connectivity index (χ2v) is 5.30. The van der Waals surface area contributed by atoms with Crippen LogP contribution in [0.2, 0.25) is 0 Å². The monoisotopic (exact) mass is 272 g/mol. The first-order valence-electron chi connectivity index (χ1n) is 6.81. The van der Waals surface area contributed by atoms with Crippen LogP contribution in [0, 0.1) is 0 Å². The van der Waals surface area contributed by atoms with Crippen LogP contribution in [-0.4, -0.2) is 30.2 Å². The van der Waals surface area contributed by atoms with Gasteiger partial charge in [-0.2, -0.15) is 0 Å². The smallest absolute Gasteiger partial charge is 0.249 e. The molecule has 0 spiro atoms. The van der Waals surface area contributed by atoms with Gasteiger partial charge in [0.05, 0.1) is 0 Å². The molecule has 20 heavy (non-hydrogen) atoms. The first-order chi connectivity index (χ1) is 9.56. The number of anilines is 1. The summed E-state index contributed by atoms with van der Waals surface area (Å²) in [5, 5.41) is 2.71. The second kappa shape index (κ2) is 4.74. The molecule has 1 saturated heterocycles. The van der Waals surface area contributed by atoms with Gasteiger partial charge in [0.25, 0.3) is 0 Å². The maximum absolute atomic E-state index is 12.4. The number of hydrogen-bond donors (Lipinski definition) is 1. The van der Waals surface area contributed by atoms with Gasteiger partial charge in [0.2, 0.25) is 11.8 Å². The van der Waals surface area contributed by atoms with E-state index in [1.54, 1.807) is 11.0 Å². The summed E-state index contributed by atoms with van der Waals surface area (Å²) in [6, 6.07) is 5.03. The van der Waals surface area contributed by atoms with Crippen LogP contribution in [-0.2, 0) is 16.0 Å². The van der Waals surface area contributed by atoms with Crippen molar-refractivity contribution in [3.63, 3.8) is 0 Å². The molecule has 0 aromatic heterocycles. The number of benzene rings is 1. The van der Waals surface area contributed by atoms with Gasteiger partial charge in [-0.1, -0.05) is 0 Å². The van der Waals surface area contributed by atoms with E-state index in [-0.39, 0.29) is 17.6 Å². The third-order valence-electron chi connectivity index (χ3n) is 3.94. The number of nitrogens with zero attached hydrogens (tertiary/aromatic N) is 1. The van der Waals surface area contributed by atoms with Crippen LogP contribution in [0.1, 0.15) is 35.7 Å². The Bertz CT molecular complexity index is 609. The average molecular weight is 272 g/mol. The molecule has 0 aliphatic carbocycles. The van der Waals surface area contributed by atoms with E-state index in [1.807, 2.05) is 12.1 Å². The molecular weight excluding hydrogens is 256 g/mol. The van der Waals surface area contributed by atoms with Gasteiger partial charge >= 0.3 is 0 Å². The van der Waals surface area contributed by atoms with Gasteiger partial charge in [-0.15, -0.1) is 0 Å². The van der Waals surface area contributed by atoms with Gasteiger partial charge in [-0.3, -0.25) is 14.4 Å². The van der Waals surface area contributed by atoms with E-state index in [9.17, 15) is 14.4 Å². The summed E-state index contributed by atoms with van der Waals surface area (Å²) in [6.07, 6.45) is 1.73. The molecule has 1 aromatic carbocycles. The molecule has 0 bridgehead atoms. The maximum atomic E-state index is 12.4. The first kappa shape index (κ1) is 12.8. The van der Waals surface area contributed by atoms with Crippen LogP contribution in [0.3, 0.4) is 0 Å². The van der Waals surface area contributed by atoms with Crippen LogP contribution in [0.5, 0.6) is 0 Å². The molecule has 2 amide bonds. The fourth-order valence-corrected chi connectivity index (χ4v) is 2.84. The SMILES string of the molecule is CC(=O)c1ccc2c(c1)CCN2C(=O)C1CCC(=O)N1. The van der Waals surface area contributed by atoms with E-state index in [1.165, 1.54) is 6.92 Å². The van der Waals surface area contributed by atoms with Crippen LogP contribution < -0.4 is 10.2 Å². The van der Waals surface area contributed by atoms with Gasteiger partial charge in [-0.25, -0.2) is 0 Å². The van der Waals surface area contributed by atoms with E-state index < -0.39 is 6.04 Å². The van der Waals surface area contributed by atoms with Gasteiger partial charge in [-0.05, 0) is 43.5 Å². The molecule has 1 fully saturated rings. The molecule has 1 N–H and O–H groups in total. The lowest BCUT2D eigenvalue weighted by Gasteiger charge is -2.21. The van der Waals surface area contributed by atoms with Crippen LogP contribution in [0.15, 0.2) is 18.2 Å². The molecule has 1 aromatic rings. The Morgan fingerprint density at radius 2 is 2.10 bits per heavy atom. The molecule has 1 atom stereocenters. The minimum atomic E-state index is -0.402. The van der Waals surface area contributed by atoms with Crippen molar-refractivity contribution in [3.8, 4) is 0 Å². The summed E-state index contributed by atoms with van der Waals surface area (Å²) in [7, 11) is 0. The van der Waals surface area contributed by atoms with E-state index in [2.05, 4.69) is 5.32 Å². The molecule has 2 aliphatic rings. The quantitative estimate of drug-likeness (QED) is 0.819. The summed E-state index contributed by atoms with van der Waals surface area (Å²) >= 11 is 0. The highest BCUT2D eigenvalue weighted by molar-refractivity contribution is 6.03. The van der Waals surface area contributed by atoms with E-state index in [0.29, 0.717) is 24.9 Å². The average Bonchev–Trinajstić information content (AvgIpc) is 3.03. The van der Waals surface area contributed by atoms with E-state index in [0.717, 1.165) is 17.7 Å². The number of rotatable bonds is 2. The Kier molecular flexibility index (Phi) is 3.04. The van der Waals surface area contributed by atoms with Crippen molar-refractivity contribution in [2.45, 2.75) is 32.2 Å². The van der Waals surface area contributed by atoms with Gasteiger partial charge in [0.1, 0.15) is 6.04 Å². The zero-order chi connectivity index (χ0) is 14.3. The Labute approximate surface area is 116 Å². The second-order valence-electron chi connectivity index (χ2n) is 5.30. The fourth-order valence-electron chi connectivity index (χ4n) is 2.84. The predicted octanol–water partition coefficient (Wildman–Crippen LogP) is 1.06. The van der Waals surface area contributed by atoms with Gasteiger partial charge < -0.3 is 10.2 Å². The van der Waals surface area contributed by atoms with E-state index in [4.69, 9.17) is 0 Å². The van der Waals surface area contributed by atoms with E-state index >= 15 is 0 Å². The van der Waals surface area contributed by atoms with Crippen molar-refractivity contribution < 1.29 is 14.4 Å². The Morgan fingerprint density at radius 1 is 1.30 bits per heavy atom. The number of fused-ring (bicyclic) bond motifs is 1. The fraction of sp³-hybridized carbons (Fsp3) is 0.400. The normalized spacial score (nSPS) is 20.8. The Balaban J connectivity index is 1.84. The predicted molar refractivity (Wildman–Crippen MR) is 73.7 cm³/mol. The first-order valence-corrected chi connectivity index (χ1v) is 6.81.